The normalized spacial score (nSPS) is 12.5. The van der Waals surface area contributed by atoms with Gasteiger partial charge in [-0.2, -0.15) is 5.10 Å². The Labute approximate surface area is 172 Å². The SMILES string of the molecule is CCc1cc2c(cc3c(=O)n(CC(=O)N[C@H](C)CCc4ccccc4)ncn32)s1. The van der Waals surface area contributed by atoms with Gasteiger partial charge in [-0.25, -0.2) is 4.68 Å². The Bertz CT molecular complexity index is 1210. The highest BCUT2D eigenvalue weighted by atomic mass is 32.1. The maximum Gasteiger partial charge on any atom is 0.291 e. The van der Waals surface area contributed by atoms with Crippen molar-refractivity contribution in [3.63, 3.8) is 0 Å². The van der Waals surface area contributed by atoms with Gasteiger partial charge in [0.1, 0.15) is 18.4 Å². The van der Waals surface area contributed by atoms with E-state index >= 15 is 0 Å². The molecule has 0 saturated heterocycles. The standard InChI is InChI=1S/C22H24N4O2S/c1-3-17-11-18-20(29-17)12-19-22(28)26(23-14-25(18)19)13-21(27)24-15(2)9-10-16-7-5-4-6-8-16/h4-8,11-12,14-15H,3,9-10,13H2,1-2H3,(H,24,27)/t15-/m1/s1. The first-order valence-corrected chi connectivity index (χ1v) is 10.7. The lowest BCUT2D eigenvalue weighted by Crippen LogP contribution is -2.38. The lowest BCUT2D eigenvalue weighted by molar-refractivity contribution is -0.122. The second-order valence-corrected chi connectivity index (χ2v) is 8.47. The topological polar surface area (TPSA) is 68.4 Å². The van der Waals surface area contributed by atoms with Crippen LogP contribution in [0.4, 0.5) is 0 Å². The molecule has 0 radical (unpaired) electrons. The molecule has 29 heavy (non-hydrogen) atoms. The number of hydrogen-bond donors (Lipinski definition) is 1. The number of thiophene rings is 1. The van der Waals surface area contributed by atoms with E-state index in [9.17, 15) is 9.59 Å². The number of aryl methyl sites for hydroxylation is 2. The zero-order chi connectivity index (χ0) is 20.4. The van der Waals surface area contributed by atoms with Crippen LogP contribution in [-0.4, -0.2) is 26.1 Å². The first kappa shape index (κ1) is 19.4. The predicted molar refractivity (Wildman–Crippen MR) is 117 cm³/mol. The summed E-state index contributed by atoms with van der Waals surface area (Å²) < 4.78 is 4.11. The van der Waals surface area contributed by atoms with Crippen molar-refractivity contribution in [2.75, 3.05) is 0 Å². The van der Waals surface area contributed by atoms with Crippen molar-refractivity contribution >= 4 is 33.0 Å². The van der Waals surface area contributed by atoms with Crippen LogP contribution in [0, 0.1) is 0 Å². The number of nitrogens with one attached hydrogen (secondary N) is 1. The molecule has 0 aliphatic heterocycles. The first-order valence-electron chi connectivity index (χ1n) is 9.88. The predicted octanol–water partition coefficient (Wildman–Crippen LogP) is 3.41. The molecule has 3 aromatic heterocycles. The molecule has 1 N–H and O–H groups in total. The van der Waals surface area contributed by atoms with Gasteiger partial charge in [-0.15, -0.1) is 11.3 Å². The summed E-state index contributed by atoms with van der Waals surface area (Å²) in [6, 6.07) is 14.2. The van der Waals surface area contributed by atoms with Gasteiger partial charge in [0.05, 0.1) is 10.2 Å². The van der Waals surface area contributed by atoms with Gasteiger partial charge in [0.15, 0.2) is 0 Å². The van der Waals surface area contributed by atoms with E-state index in [4.69, 9.17) is 0 Å². The van der Waals surface area contributed by atoms with Gasteiger partial charge >= 0.3 is 0 Å². The second kappa shape index (κ2) is 8.21. The highest BCUT2D eigenvalue weighted by Gasteiger charge is 2.14. The quantitative estimate of drug-likeness (QED) is 0.510. The molecule has 0 spiro atoms. The molecule has 0 aliphatic rings. The third kappa shape index (κ3) is 4.10. The molecule has 1 aromatic carbocycles. The highest BCUT2D eigenvalue weighted by Crippen LogP contribution is 2.28. The van der Waals surface area contributed by atoms with Gasteiger partial charge in [-0.05, 0) is 43.9 Å². The molecule has 4 rings (SSSR count). The number of benzene rings is 1. The number of rotatable bonds is 7. The Balaban J connectivity index is 1.43. The van der Waals surface area contributed by atoms with Crippen LogP contribution in [0.15, 0.2) is 53.6 Å². The molecule has 0 unspecified atom stereocenters. The molecule has 7 heteroatoms. The van der Waals surface area contributed by atoms with E-state index < -0.39 is 0 Å². The largest absolute Gasteiger partial charge is 0.352 e. The average Bonchev–Trinajstić information content (AvgIpc) is 3.27. The van der Waals surface area contributed by atoms with E-state index in [0.717, 1.165) is 29.5 Å². The Morgan fingerprint density at radius 1 is 1.21 bits per heavy atom. The Morgan fingerprint density at radius 2 is 2.00 bits per heavy atom. The van der Waals surface area contributed by atoms with Gasteiger partial charge in [-0.3, -0.25) is 14.0 Å². The molecular formula is C22H24N4O2S. The molecule has 6 nitrogen and oxygen atoms in total. The zero-order valence-electron chi connectivity index (χ0n) is 16.6. The molecule has 0 saturated carbocycles. The lowest BCUT2D eigenvalue weighted by atomic mass is 10.1. The zero-order valence-corrected chi connectivity index (χ0v) is 17.4. The molecule has 0 aliphatic carbocycles. The highest BCUT2D eigenvalue weighted by molar-refractivity contribution is 7.19. The fourth-order valence-corrected chi connectivity index (χ4v) is 4.52. The van der Waals surface area contributed by atoms with Gasteiger partial charge in [0, 0.05) is 10.9 Å². The van der Waals surface area contributed by atoms with Crippen LogP contribution in [0.5, 0.6) is 0 Å². The first-order chi connectivity index (χ1) is 14.0. The van der Waals surface area contributed by atoms with Crippen LogP contribution in [0.25, 0.3) is 15.7 Å². The van der Waals surface area contributed by atoms with Gasteiger partial charge < -0.3 is 5.32 Å². The Morgan fingerprint density at radius 3 is 2.76 bits per heavy atom. The van der Waals surface area contributed by atoms with Crippen LogP contribution < -0.4 is 10.9 Å². The summed E-state index contributed by atoms with van der Waals surface area (Å²) in [5.74, 6) is -0.203. The minimum Gasteiger partial charge on any atom is -0.352 e. The van der Waals surface area contributed by atoms with Crippen molar-refractivity contribution in [2.24, 2.45) is 0 Å². The van der Waals surface area contributed by atoms with Crippen molar-refractivity contribution in [2.45, 2.75) is 45.7 Å². The summed E-state index contributed by atoms with van der Waals surface area (Å²) in [6.45, 7) is 4.01. The van der Waals surface area contributed by atoms with Crippen molar-refractivity contribution in [3.05, 3.63) is 69.6 Å². The maximum atomic E-state index is 12.8. The van der Waals surface area contributed by atoms with Crippen LogP contribution in [-0.2, 0) is 24.2 Å². The van der Waals surface area contributed by atoms with Crippen LogP contribution >= 0.6 is 11.3 Å². The second-order valence-electron chi connectivity index (χ2n) is 7.30. The minimum absolute atomic E-state index is 0.0215. The van der Waals surface area contributed by atoms with Gasteiger partial charge in [0.25, 0.3) is 5.56 Å². The number of fused-ring (bicyclic) bond motifs is 3. The molecule has 1 atom stereocenters. The maximum absolute atomic E-state index is 12.8. The summed E-state index contributed by atoms with van der Waals surface area (Å²) in [7, 11) is 0. The number of carbonyl (C=O) groups excluding carboxylic acids is 1. The minimum atomic E-state index is -0.249. The number of hydrogen-bond acceptors (Lipinski definition) is 4. The Hall–Kier alpha value is -2.93. The van der Waals surface area contributed by atoms with Gasteiger partial charge in [0.2, 0.25) is 5.91 Å². The summed E-state index contributed by atoms with van der Waals surface area (Å²) >= 11 is 1.69. The van der Waals surface area contributed by atoms with Crippen molar-refractivity contribution in [1.82, 2.24) is 19.5 Å². The van der Waals surface area contributed by atoms with E-state index in [-0.39, 0.29) is 24.1 Å². The van der Waals surface area contributed by atoms with Crippen molar-refractivity contribution in [3.8, 4) is 0 Å². The fourth-order valence-electron chi connectivity index (χ4n) is 3.49. The van der Waals surface area contributed by atoms with E-state index in [1.54, 1.807) is 17.7 Å². The van der Waals surface area contributed by atoms with Crippen LogP contribution in [0.1, 0.15) is 30.7 Å². The summed E-state index contributed by atoms with van der Waals surface area (Å²) in [5.41, 5.74) is 2.55. The number of carbonyl (C=O) groups is 1. The van der Waals surface area contributed by atoms with Crippen LogP contribution in [0.3, 0.4) is 0 Å². The van der Waals surface area contributed by atoms with Gasteiger partial charge in [-0.1, -0.05) is 37.3 Å². The van der Waals surface area contributed by atoms with E-state index in [2.05, 4.69) is 35.5 Å². The molecular weight excluding hydrogens is 384 g/mol. The molecule has 3 heterocycles. The van der Waals surface area contributed by atoms with E-state index in [1.807, 2.05) is 35.6 Å². The smallest absolute Gasteiger partial charge is 0.291 e. The third-order valence-corrected chi connectivity index (χ3v) is 6.31. The number of nitrogens with zero attached hydrogens (tertiary/aromatic N) is 3. The van der Waals surface area contributed by atoms with Crippen LogP contribution in [0.2, 0.25) is 0 Å². The lowest BCUT2D eigenvalue weighted by Gasteiger charge is -2.14. The summed E-state index contributed by atoms with van der Waals surface area (Å²) in [6.07, 6.45) is 4.32. The third-order valence-electron chi connectivity index (χ3n) is 5.10. The molecule has 1 amide bonds. The fraction of sp³-hybridized carbons (Fsp3) is 0.318. The molecule has 4 aromatic rings. The average molecular weight is 409 g/mol. The monoisotopic (exact) mass is 408 g/mol. The van der Waals surface area contributed by atoms with E-state index in [1.165, 1.54) is 15.1 Å². The van der Waals surface area contributed by atoms with E-state index in [0.29, 0.717) is 5.52 Å². The number of aromatic nitrogens is 3. The molecule has 150 valence electrons. The van der Waals surface area contributed by atoms with Crippen molar-refractivity contribution < 1.29 is 4.79 Å². The summed E-state index contributed by atoms with van der Waals surface area (Å²) in [5, 5.41) is 7.18. The van der Waals surface area contributed by atoms with Crippen molar-refractivity contribution in [1.29, 1.82) is 0 Å². The number of amides is 1. The molecule has 0 bridgehead atoms. The Kier molecular flexibility index (Phi) is 5.49. The summed E-state index contributed by atoms with van der Waals surface area (Å²) in [4.78, 5) is 26.5. The molecule has 0 fully saturated rings.